The number of rotatable bonds is 9. The highest BCUT2D eigenvalue weighted by Gasteiger charge is 2.20. The Hall–Kier alpha value is -3.43. The molecule has 2 N–H and O–H groups in total. The fourth-order valence-electron chi connectivity index (χ4n) is 3.85. The number of anilines is 1. The number of aromatic nitrogens is 3. The summed E-state index contributed by atoms with van der Waals surface area (Å²) in [6, 6.07) is 19.7. The molecule has 2 aromatic carbocycles. The van der Waals surface area contributed by atoms with Crippen LogP contribution in [0.4, 0.5) is 10.5 Å². The van der Waals surface area contributed by atoms with Gasteiger partial charge in [0, 0.05) is 29.9 Å². The highest BCUT2D eigenvalue weighted by atomic mass is 32.2. The van der Waals surface area contributed by atoms with Gasteiger partial charge >= 0.3 is 6.03 Å². The first-order valence-electron chi connectivity index (χ1n) is 11.4. The Morgan fingerprint density at radius 1 is 1.03 bits per heavy atom. The average Bonchev–Trinajstić information content (AvgIpc) is 3.45. The van der Waals surface area contributed by atoms with Gasteiger partial charge in [-0.2, -0.15) is 5.10 Å². The van der Waals surface area contributed by atoms with Crippen LogP contribution in [0, 0.1) is 6.92 Å². The minimum Gasteiger partial charge on any atom is -0.497 e. The molecule has 2 aromatic heterocycles. The van der Waals surface area contributed by atoms with Crippen LogP contribution in [0.3, 0.4) is 0 Å². The Bertz CT molecular complexity index is 1290. The number of ether oxygens (including phenoxy) is 1. The van der Waals surface area contributed by atoms with Crippen molar-refractivity contribution in [3.8, 4) is 17.0 Å². The lowest BCUT2D eigenvalue weighted by Crippen LogP contribution is -2.34. The standard InChI is InChI=1S/C27H29N5O2S2/c1-18-14-24(35-3)25(26(29-18)36-4)30-27(33)32(16-19-8-10-22(34-2)11-9-19)17-20-6-5-7-21(15-20)23-12-13-28-31-23/h5-15H,16-17H2,1-4H3,(H,28,31)(H,30,33). The van der Waals surface area contributed by atoms with Crippen LogP contribution in [-0.2, 0) is 13.1 Å². The van der Waals surface area contributed by atoms with Crippen LogP contribution < -0.4 is 10.1 Å². The summed E-state index contributed by atoms with van der Waals surface area (Å²) in [5.41, 5.74) is 5.65. The molecule has 0 atom stereocenters. The third-order valence-corrected chi connectivity index (χ3v) is 7.10. The topological polar surface area (TPSA) is 83.1 Å². The number of amides is 2. The van der Waals surface area contributed by atoms with Gasteiger partial charge in [-0.25, -0.2) is 9.78 Å². The van der Waals surface area contributed by atoms with Crippen molar-refractivity contribution in [3.63, 3.8) is 0 Å². The molecule has 186 valence electrons. The van der Waals surface area contributed by atoms with Crippen LogP contribution in [0.5, 0.6) is 5.75 Å². The van der Waals surface area contributed by atoms with Gasteiger partial charge in [-0.05, 0) is 66.5 Å². The first-order chi connectivity index (χ1) is 17.5. The molecule has 0 unspecified atom stereocenters. The molecule has 2 heterocycles. The summed E-state index contributed by atoms with van der Waals surface area (Å²) in [5, 5.41) is 11.0. The maximum absolute atomic E-state index is 13.7. The van der Waals surface area contributed by atoms with Gasteiger partial charge in [0.2, 0.25) is 0 Å². The Balaban J connectivity index is 1.64. The van der Waals surface area contributed by atoms with Gasteiger partial charge in [0.05, 0.1) is 18.5 Å². The number of hydrogen-bond donors (Lipinski definition) is 2. The van der Waals surface area contributed by atoms with E-state index >= 15 is 0 Å². The van der Waals surface area contributed by atoms with Gasteiger partial charge in [0.1, 0.15) is 10.8 Å². The normalized spacial score (nSPS) is 10.8. The van der Waals surface area contributed by atoms with E-state index in [0.29, 0.717) is 13.1 Å². The number of aromatic amines is 1. The second-order valence-electron chi connectivity index (χ2n) is 8.16. The van der Waals surface area contributed by atoms with Gasteiger partial charge in [0.15, 0.2) is 0 Å². The zero-order chi connectivity index (χ0) is 25.5. The van der Waals surface area contributed by atoms with E-state index in [9.17, 15) is 4.79 Å². The minimum atomic E-state index is -0.186. The Morgan fingerprint density at radius 2 is 1.81 bits per heavy atom. The maximum atomic E-state index is 13.7. The largest absolute Gasteiger partial charge is 0.497 e. The maximum Gasteiger partial charge on any atom is 0.322 e. The number of carbonyl (C=O) groups is 1. The molecule has 0 saturated heterocycles. The summed E-state index contributed by atoms with van der Waals surface area (Å²) in [6.07, 6.45) is 5.70. The Labute approximate surface area is 220 Å². The van der Waals surface area contributed by atoms with Crippen molar-refractivity contribution in [1.29, 1.82) is 0 Å². The second-order valence-corrected chi connectivity index (χ2v) is 9.80. The lowest BCUT2D eigenvalue weighted by molar-refractivity contribution is 0.206. The summed E-state index contributed by atoms with van der Waals surface area (Å²) < 4.78 is 5.29. The third-order valence-electron chi connectivity index (χ3n) is 5.66. The summed E-state index contributed by atoms with van der Waals surface area (Å²) in [6.45, 7) is 2.84. The van der Waals surface area contributed by atoms with Crippen molar-refractivity contribution in [1.82, 2.24) is 20.1 Å². The Morgan fingerprint density at radius 3 is 2.47 bits per heavy atom. The number of thioether (sulfide) groups is 2. The van der Waals surface area contributed by atoms with Crippen LogP contribution >= 0.6 is 23.5 Å². The lowest BCUT2D eigenvalue weighted by atomic mass is 10.1. The molecular formula is C27H29N5O2S2. The molecule has 0 spiro atoms. The number of H-pyrrole nitrogens is 1. The zero-order valence-electron chi connectivity index (χ0n) is 20.7. The van der Waals surface area contributed by atoms with Crippen LogP contribution in [0.1, 0.15) is 16.8 Å². The first kappa shape index (κ1) is 25.7. The number of pyridine rings is 1. The van der Waals surface area contributed by atoms with Gasteiger partial charge in [-0.3, -0.25) is 5.10 Å². The van der Waals surface area contributed by atoms with Gasteiger partial charge in [-0.15, -0.1) is 23.5 Å². The van der Waals surface area contributed by atoms with Gasteiger partial charge < -0.3 is 15.0 Å². The number of nitrogens with one attached hydrogen (secondary N) is 2. The zero-order valence-corrected chi connectivity index (χ0v) is 22.4. The fourth-order valence-corrected chi connectivity index (χ4v) is 5.16. The molecule has 0 aliphatic carbocycles. The van der Waals surface area contributed by atoms with Crippen LogP contribution in [0.25, 0.3) is 11.3 Å². The molecule has 0 saturated carbocycles. The van der Waals surface area contributed by atoms with Crippen molar-refractivity contribution in [3.05, 3.63) is 83.7 Å². The molecule has 0 aliphatic heterocycles. The number of carbonyl (C=O) groups excluding carboxylic acids is 1. The SMILES string of the molecule is COc1ccc(CN(Cc2cccc(-c3ccn[nH]3)c2)C(=O)Nc2c(SC)cc(C)nc2SC)cc1. The molecule has 0 aliphatic rings. The molecule has 0 fully saturated rings. The van der Waals surface area contributed by atoms with Gasteiger partial charge in [0.25, 0.3) is 0 Å². The summed E-state index contributed by atoms with van der Waals surface area (Å²) in [4.78, 5) is 21.1. The summed E-state index contributed by atoms with van der Waals surface area (Å²) >= 11 is 3.12. The van der Waals surface area contributed by atoms with Crippen molar-refractivity contribution in [2.24, 2.45) is 0 Å². The highest BCUT2D eigenvalue weighted by Crippen LogP contribution is 2.34. The number of benzene rings is 2. The number of hydrogen-bond acceptors (Lipinski definition) is 6. The van der Waals surface area contributed by atoms with Crippen molar-refractivity contribution >= 4 is 35.2 Å². The average molecular weight is 520 g/mol. The molecule has 0 radical (unpaired) electrons. The van der Waals surface area contributed by atoms with E-state index in [1.807, 2.05) is 78.9 Å². The number of urea groups is 1. The van der Waals surface area contributed by atoms with E-state index in [1.54, 1.807) is 25.1 Å². The molecule has 4 rings (SSSR count). The van der Waals surface area contributed by atoms with Crippen molar-refractivity contribution < 1.29 is 9.53 Å². The summed E-state index contributed by atoms with van der Waals surface area (Å²) in [5.74, 6) is 0.780. The van der Waals surface area contributed by atoms with E-state index in [-0.39, 0.29) is 6.03 Å². The fraction of sp³-hybridized carbons (Fsp3) is 0.222. The number of methoxy groups -OCH3 is 1. The quantitative estimate of drug-likeness (QED) is 0.247. The third kappa shape index (κ3) is 6.22. The highest BCUT2D eigenvalue weighted by molar-refractivity contribution is 7.99. The van der Waals surface area contributed by atoms with Crippen molar-refractivity contribution in [2.75, 3.05) is 24.9 Å². The van der Waals surface area contributed by atoms with E-state index in [4.69, 9.17) is 4.74 Å². The summed E-state index contributed by atoms with van der Waals surface area (Å²) in [7, 11) is 1.64. The molecule has 7 nitrogen and oxygen atoms in total. The van der Waals surface area contributed by atoms with Crippen molar-refractivity contribution in [2.45, 2.75) is 29.9 Å². The first-order valence-corrected chi connectivity index (χ1v) is 13.8. The smallest absolute Gasteiger partial charge is 0.322 e. The van der Waals surface area contributed by atoms with E-state index in [2.05, 4.69) is 26.6 Å². The molecule has 0 bridgehead atoms. The second kappa shape index (κ2) is 12.0. The minimum absolute atomic E-state index is 0.186. The number of aryl methyl sites for hydroxylation is 1. The molecule has 36 heavy (non-hydrogen) atoms. The van der Waals surface area contributed by atoms with Crippen LogP contribution in [0.2, 0.25) is 0 Å². The Kier molecular flexibility index (Phi) is 8.56. The number of nitrogens with zero attached hydrogens (tertiary/aromatic N) is 3. The van der Waals surface area contributed by atoms with Gasteiger partial charge in [-0.1, -0.05) is 30.3 Å². The molecule has 4 aromatic rings. The monoisotopic (exact) mass is 519 g/mol. The lowest BCUT2D eigenvalue weighted by Gasteiger charge is -2.25. The predicted octanol–water partition coefficient (Wildman–Crippen LogP) is 6.47. The molecule has 2 amide bonds. The van der Waals surface area contributed by atoms with E-state index < -0.39 is 0 Å². The predicted molar refractivity (Wildman–Crippen MR) is 148 cm³/mol. The van der Waals surface area contributed by atoms with Crippen LogP contribution in [0.15, 0.2) is 76.8 Å². The van der Waals surface area contributed by atoms with E-state index in [0.717, 1.165) is 49.4 Å². The van der Waals surface area contributed by atoms with Crippen LogP contribution in [-0.4, -0.2) is 45.7 Å². The molecule has 9 heteroatoms. The van der Waals surface area contributed by atoms with E-state index in [1.165, 1.54) is 11.8 Å². The molecular weight excluding hydrogens is 490 g/mol.